The van der Waals surface area contributed by atoms with Gasteiger partial charge in [0, 0.05) is 19.2 Å². The molecule has 3 nitrogen and oxygen atoms in total. The predicted molar refractivity (Wildman–Crippen MR) is 89.9 cm³/mol. The summed E-state index contributed by atoms with van der Waals surface area (Å²) >= 11 is 0. The lowest BCUT2D eigenvalue weighted by Gasteiger charge is -2.39. The summed E-state index contributed by atoms with van der Waals surface area (Å²) in [6.45, 7) is 8.70. The predicted octanol–water partition coefficient (Wildman–Crippen LogP) is 3.50. The molecule has 3 rings (SSSR count). The van der Waals surface area contributed by atoms with E-state index in [2.05, 4.69) is 26.1 Å². The van der Waals surface area contributed by atoms with E-state index in [1.165, 1.54) is 44.9 Å². The third-order valence-electron chi connectivity index (χ3n) is 7.48. The van der Waals surface area contributed by atoms with Crippen molar-refractivity contribution in [3.05, 3.63) is 0 Å². The molecule has 0 aromatic heterocycles. The monoisotopic (exact) mass is 309 g/mol. The molecule has 0 saturated heterocycles. The molecular weight excluding hydrogens is 274 g/mol. The van der Waals surface area contributed by atoms with Crippen LogP contribution in [0.5, 0.6) is 0 Å². The van der Waals surface area contributed by atoms with Crippen LogP contribution in [0.3, 0.4) is 0 Å². The topological polar surface area (TPSA) is 41.5 Å². The van der Waals surface area contributed by atoms with E-state index in [9.17, 15) is 5.11 Å². The van der Waals surface area contributed by atoms with Crippen LogP contribution in [0.15, 0.2) is 0 Å². The Kier molecular flexibility index (Phi) is 4.87. The molecule has 4 unspecified atom stereocenters. The van der Waals surface area contributed by atoms with Crippen LogP contribution in [0.25, 0.3) is 0 Å². The third kappa shape index (κ3) is 2.97. The van der Waals surface area contributed by atoms with E-state index < -0.39 is 0 Å². The summed E-state index contributed by atoms with van der Waals surface area (Å²) in [6.07, 6.45) is 10.0. The van der Waals surface area contributed by atoms with Gasteiger partial charge in [-0.2, -0.15) is 0 Å². The van der Waals surface area contributed by atoms with Crippen molar-refractivity contribution in [1.82, 2.24) is 5.32 Å². The summed E-state index contributed by atoms with van der Waals surface area (Å²) in [5, 5.41) is 13.6. The normalized spacial score (nSPS) is 38.7. The maximum Gasteiger partial charge on any atom is 0.0686 e. The molecule has 22 heavy (non-hydrogen) atoms. The van der Waals surface area contributed by atoms with Gasteiger partial charge in [0.25, 0.3) is 0 Å². The standard InChI is InChI=1S/C19H35NO2/c1-18(2)14-8-10-19(18,3)17(12-14)22-11-9-16(21)13-20-15-6-4-5-7-15/h14-17,20-21H,4-13H2,1-3H3. The van der Waals surface area contributed by atoms with Crippen LogP contribution >= 0.6 is 0 Å². The van der Waals surface area contributed by atoms with Gasteiger partial charge in [-0.1, -0.05) is 33.6 Å². The molecule has 0 radical (unpaired) electrons. The zero-order valence-electron chi connectivity index (χ0n) is 14.7. The van der Waals surface area contributed by atoms with Crippen molar-refractivity contribution in [2.45, 2.75) is 90.4 Å². The maximum atomic E-state index is 10.1. The van der Waals surface area contributed by atoms with Crippen LogP contribution in [-0.4, -0.2) is 36.5 Å². The fraction of sp³-hybridized carbons (Fsp3) is 1.00. The number of hydrogen-bond acceptors (Lipinski definition) is 3. The Morgan fingerprint density at radius 1 is 1.18 bits per heavy atom. The Hall–Kier alpha value is -0.120. The summed E-state index contributed by atoms with van der Waals surface area (Å²) in [7, 11) is 0. The first-order valence-corrected chi connectivity index (χ1v) is 9.46. The van der Waals surface area contributed by atoms with E-state index in [1.807, 2.05) is 0 Å². The highest BCUT2D eigenvalue weighted by Crippen LogP contribution is 2.66. The van der Waals surface area contributed by atoms with Gasteiger partial charge in [0.1, 0.15) is 0 Å². The van der Waals surface area contributed by atoms with Crippen molar-refractivity contribution < 1.29 is 9.84 Å². The highest BCUT2D eigenvalue weighted by molar-refractivity contribution is 5.11. The molecule has 3 fully saturated rings. The van der Waals surface area contributed by atoms with Gasteiger partial charge in [-0.25, -0.2) is 0 Å². The molecule has 0 aromatic carbocycles. The first kappa shape index (κ1) is 16.7. The van der Waals surface area contributed by atoms with Gasteiger partial charge in [-0.3, -0.25) is 0 Å². The largest absolute Gasteiger partial charge is 0.392 e. The van der Waals surface area contributed by atoms with Gasteiger partial charge in [0.2, 0.25) is 0 Å². The minimum absolute atomic E-state index is 0.264. The molecule has 3 aliphatic rings. The quantitative estimate of drug-likeness (QED) is 0.756. The van der Waals surface area contributed by atoms with Gasteiger partial charge in [0.05, 0.1) is 12.2 Å². The first-order valence-electron chi connectivity index (χ1n) is 9.46. The Balaban J connectivity index is 1.37. The minimum Gasteiger partial charge on any atom is -0.392 e. The summed E-state index contributed by atoms with van der Waals surface area (Å²) in [6, 6.07) is 0.640. The molecule has 0 aliphatic heterocycles. The average molecular weight is 309 g/mol. The minimum atomic E-state index is -0.264. The molecule has 3 saturated carbocycles. The van der Waals surface area contributed by atoms with E-state index in [1.54, 1.807) is 0 Å². The lowest BCUT2D eigenvalue weighted by atomic mass is 9.70. The summed E-state index contributed by atoms with van der Waals surface area (Å²) in [5.74, 6) is 0.830. The lowest BCUT2D eigenvalue weighted by molar-refractivity contribution is -0.0546. The highest BCUT2D eigenvalue weighted by atomic mass is 16.5. The average Bonchev–Trinajstić information content (AvgIpc) is 3.11. The number of fused-ring (bicyclic) bond motifs is 2. The van der Waals surface area contributed by atoms with Crippen LogP contribution < -0.4 is 5.32 Å². The molecule has 3 heteroatoms. The zero-order valence-corrected chi connectivity index (χ0v) is 14.7. The smallest absolute Gasteiger partial charge is 0.0686 e. The highest BCUT2D eigenvalue weighted by Gasteiger charge is 2.61. The van der Waals surface area contributed by atoms with Crippen LogP contribution in [0.4, 0.5) is 0 Å². The Morgan fingerprint density at radius 3 is 2.50 bits per heavy atom. The Labute approximate surface area is 136 Å². The van der Waals surface area contributed by atoms with E-state index in [0.29, 0.717) is 29.6 Å². The molecule has 3 aliphatic carbocycles. The van der Waals surface area contributed by atoms with Gasteiger partial charge in [-0.15, -0.1) is 0 Å². The number of hydrogen-bond donors (Lipinski definition) is 2. The van der Waals surface area contributed by atoms with Crippen molar-refractivity contribution in [3.8, 4) is 0 Å². The molecule has 0 aromatic rings. The second kappa shape index (κ2) is 6.41. The molecule has 0 heterocycles. The van der Waals surface area contributed by atoms with E-state index in [0.717, 1.165) is 18.9 Å². The number of nitrogens with one attached hydrogen (secondary N) is 1. The Bertz CT molecular complexity index is 378. The van der Waals surface area contributed by atoms with E-state index in [4.69, 9.17) is 4.74 Å². The van der Waals surface area contributed by atoms with Crippen molar-refractivity contribution in [2.24, 2.45) is 16.7 Å². The van der Waals surface area contributed by atoms with Gasteiger partial charge in [0.15, 0.2) is 0 Å². The second-order valence-electron chi connectivity index (χ2n) is 8.80. The number of aliphatic hydroxyl groups excluding tert-OH is 1. The van der Waals surface area contributed by atoms with Crippen LogP contribution in [0.2, 0.25) is 0 Å². The maximum absolute atomic E-state index is 10.1. The molecule has 0 amide bonds. The van der Waals surface area contributed by atoms with Crippen LogP contribution in [-0.2, 0) is 4.74 Å². The SMILES string of the molecule is CC1(C)C2CCC1(C)C(OCCC(O)CNC1CCCC1)C2. The van der Waals surface area contributed by atoms with Crippen LogP contribution in [0, 0.1) is 16.7 Å². The third-order valence-corrected chi connectivity index (χ3v) is 7.48. The van der Waals surface area contributed by atoms with Crippen molar-refractivity contribution in [2.75, 3.05) is 13.2 Å². The summed E-state index contributed by atoms with van der Waals surface area (Å²) in [4.78, 5) is 0. The number of ether oxygens (including phenoxy) is 1. The fourth-order valence-electron chi connectivity index (χ4n) is 5.26. The van der Waals surface area contributed by atoms with Gasteiger partial charge in [-0.05, 0) is 55.3 Å². The van der Waals surface area contributed by atoms with Crippen molar-refractivity contribution in [1.29, 1.82) is 0 Å². The summed E-state index contributed by atoms with van der Waals surface area (Å²) < 4.78 is 6.23. The van der Waals surface area contributed by atoms with Gasteiger partial charge >= 0.3 is 0 Å². The second-order valence-corrected chi connectivity index (χ2v) is 8.80. The van der Waals surface area contributed by atoms with Crippen LogP contribution in [0.1, 0.15) is 72.1 Å². The Morgan fingerprint density at radius 2 is 1.91 bits per heavy atom. The lowest BCUT2D eigenvalue weighted by Crippen LogP contribution is -2.38. The molecule has 2 bridgehead atoms. The van der Waals surface area contributed by atoms with Gasteiger partial charge < -0.3 is 15.2 Å². The van der Waals surface area contributed by atoms with Crippen molar-refractivity contribution >= 4 is 0 Å². The molecule has 2 N–H and O–H groups in total. The first-order chi connectivity index (χ1) is 10.4. The van der Waals surface area contributed by atoms with E-state index >= 15 is 0 Å². The summed E-state index contributed by atoms with van der Waals surface area (Å²) in [5.41, 5.74) is 0.755. The zero-order chi connectivity index (χ0) is 15.8. The molecule has 0 spiro atoms. The number of rotatable bonds is 7. The van der Waals surface area contributed by atoms with E-state index in [-0.39, 0.29) is 6.10 Å². The molecule has 4 atom stereocenters. The van der Waals surface area contributed by atoms with Crippen molar-refractivity contribution in [3.63, 3.8) is 0 Å². The number of aliphatic hydroxyl groups is 1. The molecule has 128 valence electrons. The fourth-order valence-corrected chi connectivity index (χ4v) is 5.26. The molecular formula is C19H35NO2.